The third kappa shape index (κ3) is 11.3. The normalized spacial score (nSPS) is 30.6. The summed E-state index contributed by atoms with van der Waals surface area (Å²) in [6.07, 6.45) is 0.425. The molecule has 0 spiro atoms. The van der Waals surface area contributed by atoms with Gasteiger partial charge in [0.2, 0.25) is 0 Å². The van der Waals surface area contributed by atoms with Crippen LogP contribution >= 0.6 is 0 Å². The van der Waals surface area contributed by atoms with Gasteiger partial charge < -0.3 is 29.2 Å². The number of rotatable bonds is 4. The van der Waals surface area contributed by atoms with Gasteiger partial charge in [-0.05, 0) is 55.4 Å². The zero-order chi connectivity index (χ0) is 23.4. The zero-order valence-corrected chi connectivity index (χ0v) is 19.7. The first kappa shape index (κ1) is 29.8. The van der Waals surface area contributed by atoms with Gasteiger partial charge in [0.15, 0.2) is 0 Å². The minimum Gasteiger partial charge on any atom is -0.460 e. The summed E-state index contributed by atoms with van der Waals surface area (Å²) in [5, 5.41) is 19.7. The Balaban J connectivity index is 0.000000562. The number of hydrogen-bond acceptors (Lipinski definition) is 8. The Morgan fingerprint density at radius 1 is 0.806 bits per heavy atom. The van der Waals surface area contributed by atoms with E-state index in [2.05, 4.69) is 0 Å². The maximum atomic E-state index is 11.5. The van der Waals surface area contributed by atoms with Crippen molar-refractivity contribution < 1.29 is 38.7 Å². The highest BCUT2D eigenvalue weighted by molar-refractivity contribution is 5.70. The van der Waals surface area contributed by atoms with Crippen molar-refractivity contribution in [1.29, 1.82) is 0 Å². The van der Waals surface area contributed by atoms with E-state index in [1.54, 1.807) is 13.8 Å². The van der Waals surface area contributed by atoms with Crippen molar-refractivity contribution in [2.45, 2.75) is 98.1 Å². The number of hydrogen-bond donors (Lipinski definition) is 2. The summed E-state index contributed by atoms with van der Waals surface area (Å²) in [7, 11) is 0. The Hall–Kier alpha value is -1.22. The van der Waals surface area contributed by atoms with E-state index in [0.29, 0.717) is 26.4 Å². The van der Waals surface area contributed by atoms with Crippen molar-refractivity contribution in [1.82, 2.24) is 0 Å². The molecule has 2 aliphatic rings. The Kier molecular flexibility index (Phi) is 10.6. The Bertz CT molecular complexity index is 531. The Morgan fingerprint density at radius 3 is 1.29 bits per heavy atom. The van der Waals surface area contributed by atoms with E-state index in [4.69, 9.17) is 18.9 Å². The van der Waals surface area contributed by atoms with Crippen LogP contribution in [0.15, 0.2) is 0 Å². The molecule has 2 aliphatic heterocycles. The molecule has 0 aromatic rings. The molecule has 4 atom stereocenters. The molecule has 0 saturated carbocycles. The van der Waals surface area contributed by atoms with Crippen molar-refractivity contribution in [2.75, 3.05) is 26.4 Å². The van der Waals surface area contributed by atoms with E-state index in [0.717, 1.165) is 0 Å². The second kappa shape index (κ2) is 11.1. The van der Waals surface area contributed by atoms with Crippen LogP contribution in [0.3, 0.4) is 0 Å². The summed E-state index contributed by atoms with van der Waals surface area (Å²) in [4.78, 5) is 23.0. The molecule has 31 heavy (non-hydrogen) atoms. The average Bonchev–Trinajstić information content (AvgIpc) is 2.98. The lowest BCUT2D eigenvalue weighted by Crippen LogP contribution is -2.36. The summed E-state index contributed by atoms with van der Waals surface area (Å²) in [6, 6.07) is 0. The lowest BCUT2D eigenvalue weighted by atomic mass is 9.90. The van der Waals surface area contributed by atoms with Gasteiger partial charge >= 0.3 is 11.9 Å². The second-order valence-corrected chi connectivity index (χ2v) is 10.7. The van der Waals surface area contributed by atoms with Gasteiger partial charge in [0.05, 0.1) is 50.5 Å². The van der Waals surface area contributed by atoms with Crippen LogP contribution in [0.25, 0.3) is 0 Å². The molecule has 0 aromatic carbocycles. The fraction of sp³-hybridized carbons (Fsp3) is 0.913. The van der Waals surface area contributed by atoms with Gasteiger partial charge in [-0.1, -0.05) is 7.43 Å². The van der Waals surface area contributed by atoms with E-state index in [1.165, 1.54) is 0 Å². The van der Waals surface area contributed by atoms with Crippen molar-refractivity contribution in [3.63, 3.8) is 0 Å². The molecule has 2 rings (SSSR count). The average molecular weight is 449 g/mol. The Labute approximate surface area is 187 Å². The molecule has 2 fully saturated rings. The SMILES string of the molecule is C.CC(C)(C)OC(=O)CC1COC[C@@]1(C)O.CC(C)(C)OC(=O)C[C@H]1COC[C@]1(C)O. The van der Waals surface area contributed by atoms with Crippen LogP contribution in [0.2, 0.25) is 0 Å². The molecule has 8 heteroatoms. The molecular formula is C23H44O8. The molecule has 8 nitrogen and oxygen atoms in total. The number of carbonyl (C=O) groups is 2. The number of aliphatic hydroxyl groups is 2. The first-order chi connectivity index (χ1) is 13.4. The van der Waals surface area contributed by atoms with Crippen LogP contribution in [0.1, 0.15) is 75.7 Å². The zero-order valence-electron chi connectivity index (χ0n) is 19.7. The Morgan fingerprint density at radius 2 is 1.10 bits per heavy atom. The smallest absolute Gasteiger partial charge is 0.306 e. The molecule has 2 heterocycles. The third-order valence-corrected chi connectivity index (χ3v) is 4.85. The van der Waals surface area contributed by atoms with Gasteiger partial charge in [-0.15, -0.1) is 0 Å². The van der Waals surface area contributed by atoms with E-state index in [-0.39, 0.29) is 44.0 Å². The van der Waals surface area contributed by atoms with E-state index in [9.17, 15) is 19.8 Å². The first-order valence-electron chi connectivity index (χ1n) is 10.5. The monoisotopic (exact) mass is 448 g/mol. The number of esters is 2. The van der Waals surface area contributed by atoms with Gasteiger partial charge in [-0.3, -0.25) is 9.59 Å². The van der Waals surface area contributed by atoms with Crippen LogP contribution in [-0.2, 0) is 28.5 Å². The predicted octanol–water partition coefficient (Wildman–Crippen LogP) is 2.87. The topological polar surface area (TPSA) is 112 Å². The van der Waals surface area contributed by atoms with Crippen LogP contribution in [-0.4, -0.2) is 71.0 Å². The highest BCUT2D eigenvalue weighted by atomic mass is 16.6. The second-order valence-electron chi connectivity index (χ2n) is 10.7. The summed E-state index contributed by atoms with van der Waals surface area (Å²) >= 11 is 0. The maximum Gasteiger partial charge on any atom is 0.306 e. The van der Waals surface area contributed by atoms with E-state index < -0.39 is 22.4 Å². The molecule has 0 aromatic heterocycles. The van der Waals surface area contributed by atoms with Crippen LogP contribution in [0, 0.1) is 11.8 Å². The van der Waals surface area contributed by atoms with Crippen LogP contribution in [0.5, 0.6) is 0 Å². The molecule has 0 bridgehead atoms. The van der Waals surface area contributed by atoms with E-state index >= 15 is 0 Å². The van der Waals surface area contributed by atoms with Crippen molar-refractivity contribution >= 4 is 11.9 Å². The van der Waals surface area contributed by atoms with E-state index in [1.807, 2.05) is 41.5 Å². The molecule has 0 aliphatic carbocycles. The van der Waals surface area contributed by atoms with Gasteiger partial charge in [0, 0.05) is 11.8 Å². The van der Waals surface area contributed by atoms with Gasteiger partial charge in [0.25, 0.3) is 0 Å². The number of ether oxygens (including phenoxy) is 4. The summed E-state index contributed by atoms with van der Waals surface area (Å²) in [6.45, 7) is 15.8. The fourth-order valence-corrected chi connectivity index (χ4v) is 3.14. The minimum atomic E-state index is -0.906. The standard InChI is InChI=1S/2C11H20O4.CH4/c2*1-10(2,3)15-9(12)5-8-6-14-7-11(8,4)13;/h2*8,13H,5-7H2,1-4H3;1H4/t8?,11-;8-,11-;/m10./s1. The molecule has 2 saturated heterocycles. The quantitative estimate of drug-likeness (QED) is 0.632. The molecule has 2 N–H and O–H groups in total. The minimum absolute atomic E-state index is 0. The van der Waals surface area contributed by atoms with Gasteiger partial charge in [-0.2, -0.15) is 0 Å². The highest BCUT2D eigenvalue weighted by Crippen LogP contribution is 2.29. The molecule has 1 unspecified atom stereocenters. The summed E-state index contributed by atoms with van der Waals surface area (Å²) < 4.78 is 20.7. The van der Waals surface area contributed by atoms with Crippen molar-refractivity contribution in [3.8, 4) is 0 Å². The van der Waals surface area contributed by atoms with Crippen molar-refractivity contribution in [2.24, 2.45) is 11.8 Å². The summed E-state index contributed by atoms with van der Waals surface area (Å²) in [5.74, 6) is -0.878. The lowest BCUT2D eigenvalue weighted by Gasteiger charge is -2.25. The number of carbonyl (C=O) groups excluding carboxylic acids is 2. The molecule has 0 radical (unpaired) electrons. The maximum absolute atomic E-state index is 11.5. The predicted molar refractivity (Wildman–Crippen MR) is 118 cm³/mol. The third-order valence-electron chi connectivity index (χ3n) is 4.85. The highest BCUT2D eigenvalue weighted by Gasteiger charge is 2.40. The lowest BCUT2D eigenvalue weighted by molar-refractivity contribution is -0.158. The summed E-state index contributed by atoms with van der Waals surface area (Å²) in [5.41, 5.74) is -2.75. The van der Waals surface area contributed by atoms with Crippen LogP contribution in [0.4, 0.5) is 0 Å². The molecular weight excluding hydrogens is 404 g/mol. The first-order valence-corrected chi connectivity index (χ1v) is 10.5. The van der Waals surface area contributed by atoms with Gasteiger partial charge in [0.1, 0.15) is 11.2 Å². The largest absolute Gasteiger partial charge is 0.460 e. The van der Waals surface area contributed by atoms with Crippen molar-refractivity contribution in [3.05, 3.63) is 0 Å². The van der Waals surface area contributed by atoms with Crippen LogP contribution < -0.4 is 0 Å². The fourth-order valence-electron chi connectivity index (χ4n) is 3.14. The van der Waals surface area contributed by atoms with Gasteiger partial charge in [-0.25, -0.2) is 0 Å². The molecule has 184 valence electrons. The molecule has 0 amide bonds.